The number of hydrogen-bond acceptors (Lipinski definition) is 5. The molecular weight excluding hydrogens is 334 g/mol. The van der Waals surface area contributed by atoms with Crippen molar-refractivity contribution in [2.24, 2.45) is 0 Å². The fourth-order valence-electron chi connectivity index (χ4n) is 3.24. The molecule has 0 aromatic carbocycles. The average molecular weight is 359 g/mol. The maximum Gasteiger partial charge on any atom is 0.251 e. The summed E-state index contributed by atoms with van der Waals surface area (Å²) < 4.78 is 7.64. The Morgan fingerprint density at radius 2 is 2.12 bits per heavy atom. The third-order valence-electron chi connectivity index (χ3n) is 4.48. The first-order chi connectivity index (χ1) is 12.4. The maximum absolute atomic E-state index is 12.5. The van der Waals surface area contributed by atoms with Crippen LogP contribution in [0.3, 0.4) is 0 Å². The highest BCUT2D eigenvalue weighted by atomic mass is 16.5. The summed E-state index contributed by atoms with van der Waals surface area (Å²) in [5.74, 6) is 0.574. The minimum atomic E-state index is -0.392. The SMILES string of the molecule is Cc1cc(=O)[nH]c(C2CN(C(=O)CCCn3nc(C)cc3C)CCO2)n1. The van der Waals surface area contributed by atoms with Gasteiger partial charge in [0, 0.05) is 37.0 Å². The van der Waals surface area contributed by atoms with Crippen LogP contribution in [0, 0.1) is 20.8 Å². The smallest absolute Gasteiger partial charge is 0.251 e. The molecular formula is C18H25N5O3. The molecule has 26 heavy (non-hydrogen) atoms. The highest BCUT2D eigenvalue weighted by Gasteiger charge is 2.26. The van der Waals surface area contributed by atoms with Crippen LogP contribution in [0.15, 0.2) is 16.9 Å². The molecule has 1 atom stereocenters. The molecule has 8 heteroatoms. The van der Waals surface area contributed by atoms with Crippen LogP contribution >= 0.6 is 0 Å². The van der Waals surface area contributed by atoms with Gasteiger partial charge in [0.2, 0.25) is 5.91 Å². The van der Waals surface area contributed by atoms with Crippen LogP contribution in [-0.4, -0.2) is 50.3 Å². The molecule has 0 aliphatic carbocycles. The van der Waals surface area contributed by atoms with Crippen LogP contribution in [0.25, 0.3) is 0 Å². The van der Waals surface area contributed by atoms with Crippen LogP contribution in [-0.2, 0) is 16.1 Å². The zero-order valence-electron chi connectivity index (χ0n) is 15.5. The van der Waals surface area contributed by atoms with E-state index in [-0.39, 0.29) is 11.5 Å². The predicted molar refractivity (Wildman–Crippen MR) is 95.8 cm³/mol. The van der Waals surface area contributed by atoms with Gasteiger partial charge in [-0.25, -0.2) is 4.98 Å². The molecule has 1 saturated heterocycles. The third kappa shape index (κ3) is 4.37. The number of hydrogen-bond donors (Lipinski definition) is 1. The summed E-state index contributed by atoms with van der Waals surface area (Å²) in [7, 11) is 0. The first-order valence-corrected chi connectivity index (χ1v) is 8.90. The minimum absolute atomic E-state index is 0.0924. The summed E-state index contributed by atoms with van der Waals surface area (Å²) in [4.78, 5) is 33.0. The summed E-state index contributed by atoms with van der Waals surface area (Å²) in [6, 6.07) is 3.47. The second-order valence-corrected chi connectivity index (χ2v) is 6.72. The van der Waals surface area contributed by atoms with E-state index in [1.807, 2.05) is 24.6 Å². The van der Waals surface area contributed by atoms with Crippen LogP contribution in [0.1, 0.15) is 41.9 Å². The zero-order chi connectivity index (χ0) is 18.7. The topological polar surface area (TPSA) is 93.1 Å². The van der Waals surface area contributed by atoms with E-state index in [9.17, 15) is 9.59 Å². The Balaban J connectivity index is 1.56. The van der Waals surface area contributed by atoms with E-state index in [1.165, 1.54) is 6.07 Å². The third-order valence-corrected chi connectivity index (χ3v) is 4.48. The van der Waals surface area contributed by atoms with E-state index in [0.717, 1.165) is 24.4 Å². The first kappa shape index (κ1) is 18.3. The van der Waals surface area contributed by atoms with E-state index in [4.69, 9.17) is 4.74 Å². The normalized spacial score (nSPS) is 17.5. The minimum Gasteiger partial charge on any atom is -0.367 e. The van der Waals surface area contributed by atoms with Crippen molar-refractivity contribution in [1.29, 1.82) is 0 Å². The molecule has 0 bridgehead atoms. The van der Waals surface area contributed by atoms with Crippen LogP contribution < -0.4 is 5.56 Å². The summed E-state index contributed by atoms with van der Waals surface area (Å²) in [5, 5.41) is 4.42. The van der Waals surface area contributed by atoms with Crippen molar-refractivity contribution in [3.05, 3.63) is 45.4 Å². The molecule has 0 saturated carbocycles. The number of aromatic nitrogens is 4. The number of morpholine rings is 1. The molecule has 2 aromatic rings. The van der Waals surface area contributed by atoms with E-state index in [0.29, 0.717) is 37.6 Å². The number of nitrogens with zero attached hydrogens (tertiary/aromatic N) is 4. The molecule has 1 fully saturated rings. The van der Waals surface area contributed by atoms with E-state index in [1.54, 1.807) is 11.8 Å². The summed E-state index contributed by atoms with van der Waals surface area (Å²) in [6.45, 7) is 7.88. The number of rotatable bonds is 5. The second-order valence-electron chi connectivity index (χ2n) is 6.72. The van der Waals surface area contributed by atoms with Gasteiger partial charge in [0.1, 0.15) is 11.9 Å². The summed E-state index contributed by atoms with van der Waals surface area (Å²) >= 11 is 0. The van der Waals surface area contributed by atoms with Crippen molar-refractivity contribution in [3.8, 4) is 0 Å². The van der Waals surface area contributed by atoms with E-state index in [2.05, 4.69) is 15.1 Å². The fraction of sp³-hybridized carbons (Fsp3) is 0.556. The van der Waals surface area contributed by atoms with Gasteiger partial charge in [-0.1, -0.05) is 0 Å². The summed E-state index contributed by atoms with van der Waals surface area (Å²) in [5.41, 5.74) is 2.53. The van der Waals surface area contributed by atoms with Gasteiger partial charge in [0.15, 0.2) is 0 Å². The molecule has 3 rings (SSSR count). The lowest BCUT2D eigenvalue weighted by atomic mass is 10.2. The Morgan fingerprint density at radius 3 is 2.81 bits per heavy atom. The Hall–Kier alpha value is -2.48. The predicted octanol–water partition coefficient (Wildman–Crippen LogP) is 1.27. The largest absolute Gasteiger partial charge is 0.367 e. The number of carbonyl (C=O) groups excluding carboxylic acids is 1. The molecule has 1 amide bonds. The Kier molecular flexibility index (Phi) is 5.51. The number of carbonyl (C=O) groups is 1. The zero-order valence-corrected chi connectivity index (χ0v) is 15.5. The van der Waals surface area contributed by atoms with Crippen molar-refractivity contribution in [2.45, 2.75) is 46.3 Å². The number of nitrogens with one attached hydrogen (secondary N) is 1. The van der Waals surface area contributed by atoms with Gasteiger partial charge in [-0.15, -0.1) is 0 Å². The van der Waals surface area contributed by atoms with Crippen molar-refractivity contribution >= 4 is 5.91 Å². The lowest BCUT2D eigenvalue weighted by Crippen LogP contribution is -2.43. The molecule has 3 heterocycles. The number of amides is 1. The van der Waals surface area contributed by atoms with Crippen molar-refractivity contribution in [1.82, 2.24) is 24.6 Å². The first-order valence-electron chi connectivity index (χ1n) is 8.90. The molecule has 1 N–H and O–H groups in total. The number of H-pyrrole nitrogens is 1. The molecule has 8 nitrogen and oxygen atoms in total. The molecule has 1 aliphatic rings. The Labute approximate surface area is 152 Å². The molecule has 140 valence electrons. The highest BCUT2D eigenvalue weighted by Crippen LogP contribution is 2.19. The van der Waals surface area contributed by atoms with Gasteiger partial charge in [-0.2, -0.15) is 5.10 Å². The Morgan fingerprint density at radius 1 is 1.31 bits per heavy atom. The molecule has 1 aliphatic heterocycles. The number of aromatic amines is 1. The van der Waals surface area contributed by atoms with E-state index < -0.39 is 6.10 Å². The van der Waals surface area contributed by atoms with Gasteiger partial charge in [0.25, 0.3) is 5.56 Å². The molecule has 1 unspecified atom stereocenters. The molecule has 0 radical (unpaired) electrons. The van der Waals surface area contributed by atoms with Gasteiger partial charge in [0.05, 0.1) is 18.8 Å². The van der Waals surface area contributed by atoms with Crippen molar-refractivity contribution in [3.63, 3.8) is 0 Å². The summed E-state index contributed by atoms with van der Waals surface area (Å²) in [6.07, 6.45) is 0.807. The van der Waals surface area contributed by atoms with Crippen LogP contribution in [0.2, 0.25) is 0 Å². The van der Waals surface area contributed by atoms with Gasteiger partial charge < -0.3 is 14.6 Å². The fourth-order valence-corrected chi connectivity index (χ4v) is 3.24. The monoisotopic (exact) mass is 359 g/mol. The second kappa shape index (κ2) is 7.82. The van der Waals surface area contributed by atoms with Crippen LogP contribution in [0.5, 0.6) is 0 Å². The number of ether oxygens (including phenoxy) is 1. The average Bonchev–Trinajstić information content (AvgIpc) is 2.91. The number of aryl methyl sites for hydroxylation is 4. The molecule has 2 aromatic heterocycles. The van der Waals surface area contributed by atoms with Gasteiger partial charge in [-0.05, 0) is 33.3 Å². The van der Waals surface area contributed by atoms with Crippen LogP contribution in [0.4, 0.5) is 0 Å². The van der Waals surface area contributed by atoms with Crippen molar-refractivity contribution in [2.75, 3.05) is 19.7 Å². The highest BCUT2D eigenvalue weighted by molar-refractivity contribution is 5.76. The lowest BCUT2D eigenvalue weighted by molar-refractivity contribution is -0.139. The van der Waals surface area contributed by atoms with Gasteiger partial charge >= 0.3 is 0 Å². The molecule has 0 spiro atoms. The Bertz CT molecular complexity index is 842. The van der Waals surface area contributed by atoms with Gasteiger partial charge in [-0.3, -0.25) is 14.3 Å². The van der Waals surface area contributed by atoms with Crippen molar-refractivity contribution < 1.29 is 9.53 Å². The lowest BCUT2D eigenvalue weighted by Gasteiger charge is -2.32. The quantitative estimate of drug-likeness (QED) is 0.868. The van der Waals surface area contributed by atoms with E-state index >= 15 is 0 Å². The standard InChI is InChI=1S/C18H25N5O3/c1-12-10-16(24)20-18(19-12)15-11-22(7-8-26-15)17(25)5-4-6-23-14(3)9-13(2)21-23/h9-10,15H,4-8,11H2,1-3H3,(H,19,20,24). The maximum atomic E-state index is 12.5.